The normalized spacial score (nSPS) is 18.5. The van der Waals surface area contributed by atoms with Gasteiger partial charge < -0.3 is 14.7 Å². The van der Waals surface area contributed by atoms with E-state index in [1.54, 1.807) is 6.20 Å². The van der Waals surface area contributed by atoms with Crippen LogP contribution in [-0.4, -0.2) is 59.3 Å². The van der Waals surface area contributed by atoms with Crippen LogP contribution in [0.25, 0.3) is 0 Å². The summed E-state index contributed by atoms with van der Waals surface area (Å²) in [5.74, 6) is -1.04. The molecule has 0 bridgehead atoms. The second-order valence-electron chi connectivity index (χ2n) is 9.13. The predicted molar refractivity (Wildman–Crippen MR) is 116 cm³/mol. The molecule has 2 aromatic rings. The molecule has 3 heterocycles. The molecule has 34 heavy (non-hydrogen) atoms. The average molecular weight is 476 g/mol. The van der Waals surface area contributed by atoms with Gasteiger partial charge in [-0.2, -0.15) is 13.2 Å². The minimum Gasteiger partial charge on any atom is -0.367 e. The first kappa shape index (κ1) is 22.6. The Morgan fingerprint density at radius 1 is 1.09 bits per heavy atom. The summed E-state index contributed by atoms with van der Waals surface area (Å²) in [6, 6.07) is 3.89. The van der Waals surface area contributed by atoms with Crippen molar-refractivity contribution in [3.63, 3.8) is 0 Å². The number of amides is 2. The Kier molecular flexibility index (Phi) is 5.69. The zero-order chi connectivity index (χ0) is 24.0. The van der Waals surface area contributed by atoms with Gasteiger partial charge in [0.05, 0.1) is 23.0 Å². The molecule has 1 aromatic carbocycles. The summed E-state index contributed by atoms with van der Waals surface area (Å²) in [6.07, 6.45) is 0.378. The summed E-state index contributed by atoms with van der Waals surface area (Å²) in [4.78, 5) is 34.9. The first-order valence-corrected chi connectivity index (χ1v) is 11.4. The first-order valence-electron chi connectivity index (χ1n) is 11.4. The molecule has 180 valence electrons. The number of aromatic nitrogens is 1. The summed E-state index contributed by atoms with van der Waals surface area (Å²) in [5, 5.41) is 0. The van der Waals surface area contributed by atoms with Gasteiger partial charge >= 0.3 is 6.18 Å². The highest BCUT2D eigenvalue weighted by Gasteiger charge is 2.37. The fourth-order valence-electron chi connectivity index (χ4n) is 4.62. The molecule has 2 fully saturated rings. The van der Waals surface area contributed by atoms with Crippen molar-refractivity contribution in [1.82, 2.24) is 14.8 Å². The van der Waals surface area contributed by atoms with Gasteiger partial charge in [0.2, 0.25) is 0 Å². The predicted octanol–water partition coefficient (Wildman–Crippen LogP) is 3.96. The molecule has 6 nitrogen and oxygen atoms in total. The lowest BCUT2D eigenvalue weighted by Crippen LogP contribution is -2.49. The van der Waals surface area contributed by atoms with E-state index in [0.29, 0.717) is 43.5 Å². The summed E-state index contributed by atoms with van der Waals surface area (Å²) < 4.78 is 53.6. The number of carbonyl (C=O) groups is 2. The van der Waals surface area contributed by atoms with E-state index in [-0.39, 0.29) is 19.0 Å². The maximum atomic E-state index is 13.6. The first-order chi connectivity index (χ1) is 16.2. The van der Waals surface area contributed by atoms with E-state index in [2.05, 4.69) is 4.98 Å². The zero-order valence-electron chi connectivity index (χ0n) is 18.4. The molecule has 1 saturated carbocycles. The Balaban J connectivity index is 1.24. The molecule has 0 spiro atoms. The van der Waals surface area contributed by atoms with Crippen LogP contribution in [0.5, 0.6) is 0 Å². The number of hydrogen-bond acceptors (Lipinski definition) is 4. The van der Waals surface area contributed by atoms with Crippen molar-refractivity contribution in [2.24, 2.45) is 5.92 Å². The number of carbonyl (C=O) groups excluding carboxylic acids is 2. The monoisotopic (exact) mass is 476 g/mol. The lowest BCUT2D eigenvalue weighted by molar-refractivity contribution is -0.138. The van der Waals surface area contributed by atoms with Crippen LogP contribution in [-0.2, 0) is 12.7 Å². The molecular weight excluding hydrogens is 452 g/mol. The molecule has 10 heteroatoms. The number of piperazine rings is 1. The van der Waals surface area contributed by atoms with Gasteiger partial charge in [-0.3, -0.25) is 9.59 Å². The van der Waals surface area contributed by atoms with Crippen LogP contribution in [0.2, 0.25) is 0 Å². The molecule has 2 amide bonds. The summed E-state index contributed by atoms with van der Waals surface area (Å²) in [5.41, 5.74) is 0.333. The van der Waals surface area contributed by atoms with Crippen molar-refractivity contribution in [2.75, 3.05) is 37.6 Å². The molecule has 0 N–H and O–H groups in total. The number of pyridine rings is 1. The van der Waals surface area contributed by atoms with Gasteiger partial charge in [0.1, 0.15) is 11.5 Å². The quantitative estimate of drug-likeness (QED) is 0.614. The number of benzene rings is 1. The van der Waals surface area contributed by atoms with Gasteiger partial charge in [0.15, 0.2) is 0 Å². The maximum absolute atomic E-state index is 13.6. The van der Waals surface area contributed by atoms with Crippen LogP contribution in [0.1, 0.15) is 51.2 Å². The topological polar surface area (TPSA) is 56.8 Å². The summed E-state index contributed by atoms with van der Waals surface area (Å²) >= 11 is 0. The fourth-order valence-corrected chi connectivity index (χ4v) is 4.62. The number of anilines is 1. The van der Waals surface area contributed by atoms with Crippen LogP contribution < -0.4 is 4.90 Å². The van der Waals surface area contributed by atoms with Crippen molar-refractivity contribution in [2.45, 2.75) is 32.0 Å². The molecule has 0 atom stereocenters. The molecule has 0 unspecified atom stereocenters. The molecule has 1 aliphatic carbocycles. The second kappa shape index (κ2) is 8.56. The molecule has 2 aliphatic heterocycles. The zero-order valence-corrected chi connectivity index (χ0v) is 18.4. The fraction of sp³-hybridized carbons (Fsp3) is 0.458. The minimum atomic E-state index is -4.75. The van der Waals surface area contributed by atoms with Gasteiger partial charge in [-0.1, -0.05) is 12.8 Å². The highest BCUT2D eigenvalue weighted by atomic mass is 19.4. The maximum Gasteiger partial charge on any atom is 0.417 e. The number of rotatable bonds is 5. The molecule has 1 saturated heterocycles. The smallest absolute Gasteiger partial charge is 0.367 e. The van der Waals surface area contributed by atoms with E-state index in [1.165, 1.54) is 17.7 Å². The lowest BCUT2D eigenvalue weighted by Gasteiger charge is -2.36. The van der Waals surface area contributed by atoms with Crippen molar-refractivity contribution in [3.8, 4) is 0 Å². The Hall–Kier alpha value is -3.17. The Morgan fingerprint density at radius 2 is 1.82 bits per heavy atom. The third-order valence-corrected chi connectivity index (χ3v) is 6.76. The Bertz CT molecular complexity index is 1120. The van der Waals surface area contributed by atoms with Gasteiger partial charge in [-0.05, 0) is 36.6 Å². The van der Waals surface area contributed by atoms with E-state index in [0.717, 1.165) is 30.1 Å². The van der Waals surface area contributed by atoms with Crippen LogP contribution in [0.4, 0.5) is 23.2 Å². The van der Waals surface area contributed by atoms with E-state index in [1.807, 2.05) is 15.9 Å². The second-order valence-corrected chi connectivity index (χ2v) is 9.13. The lowest BCUT2D eigenvalue weighted by atomic mass is 10.0. The van der Waals surface area contributed by atoms with E-state index >= 15 is 0 Å². The average Bonchev–Trinajstić information content (AvgIpc) is 3.59. The molecule has 5 rings (SSSR count). The van der Waals surface area contributed by atoms with Gasteiger partial charge in [-0.25, -0.2) is 9.37 Å². The third-order valence-electron chi connectivity index (χ3n) is 6.76. The van der Waals surface area contributed by atoms with E-state index < -0.39 is 29.0 Å². The van der Waals surface area contributed by atoms with Crippen LogP contribution in [0.15, 0.2) is 30.5 Å². The van der Waals surface area contributed by atoms with E-state index in [9.17, 15) is 27.2 Å². The Labute approximate surface area is 194 Å². The van der Waals surface area contributed by atoms with Gasteiger partial charge in [0.25, 0.3) is 11.8 Å². The summed E-state index contributed by atoms with van der Waals surface area (Å²) in [7, 11) is 0. The van der Waals surface area contributed by atoms with E-state index in [4.69, 9.17) is 0 Å². The van der Waals surface area contributed by atoms with Crippen molar-refractivity contribution >= 4 is 17.5 Å². The van der Waals surface area contributed by atoms with Gasteiger partial charge in [0, 0.05) is 44.8 Å². The largest absolute Gasteiger partial charge is 0.417 e. The summed E-state index contributed by atoms with van der Waals surface area (Å²) in [6.45, 7) is 2.42. The van der Waals surface area contributed by atoms with Crippen LogP contribution >= 0.6 is 0 Å². The molecule has 0 radical (unpaired) electrons. The molecule has 3 aliphatic rings. The van der Waals surface area contributed by atoms with Crippen LogP contribution in [0, 0.1) is 11.7 Å². The van der Waals surface area contributed by atoms with Crippen LogP contribution in [0.3, 0.4) is 0 Å². The highest BCUT2D eigenvalue weighted by molar-refractivity contribution is 5.97. The number of halogens is 4. The number of nitrogens with zero attached hydrogens (tertiary/aromatic N) is 4. The van der Waals surface area contributed by atoms with Crippen molar-refractivity contribution in [3.05, 3.63) is 58.7 Å². The number of alkyl halides is 3. The standard InChI is InChI=1S/C24H24F4N4O2/c25-17-3-4-20(24(26,27)28)19(12-17)22(33)31-9-7-30(8-10-31)18-11-16-14-32(6-5-15-1-2-15)23(34)21(16)29-13-18/h3-4,11-13,15H,1-2,5-10,14H2. The highest BCUT2D eigenvalue weighted by Crippen LogP contribution is 2.35. The van der Waals surface area contributed by atoms with Crippen molar-refractivity contribution in [1.29, 1.82) is 0 Å². The minimum absolute atomic E-state index is 0.0480. The van der Waals surface area contributed by atoms with Gasteiger partial charge in [-0.15, -0.1) is 0 Å². The number of hydrogen-bond donors (Lipinski definition) is 0. The SMILES string of the molecule is O=C(c1cc(F)ccc1C(F)(F)F)N1CCN(c2cnc3c(c2)CN(CCC2CC2)C3=O)CC1. The third kappa shape index (κ3) is 4.45. The van der Waals surface area contributed by atoms with Crippen molar-refractivity contribution < 1.29 is 27.2 Å². The molecule has 1 aromatic heterocycles. The number of fused-ring (bicyclic) bond motifs is 1. The Morgan fingerprint density at radius 3 is 2.50 bits per heavy atom. The molecular formula is C24H24F4N4O2.